The van der Waals surface area contributed by atoms with Crippen molar-refractivity contribution in [3.05, 3.63) is 18.2 Å². The highest BCUT2D eigenvalue weighted by Gasteiger charge is 1.98. The van der Waals surface area contributed by atoms with Gasteiger partial charge in [-0.1, -0.05) is 0 Å². The number of hydrogen-bond donors (Lipinski definition) is 4. The zero-order chi connectivity index (χ0) is 8.97. The third kappa shape index (κ3) is 2.03. The van der Waals surface area contributed by atoms with Crippen LogP contribution in [0.25, 0.3) is 0 Å². The summed E-state index contributed by atoms with van der Waals surface area (Å²) in [4.78, 5) is 0. The van der Waals surface area contributed by atoms with Gasteiger partial charge in [0.1, 0.15) is 0 Å². The van der Waals surface area contributed by atoms with Crippen LogP contribution in [0.4, 0.5) is 5.69 Å². The Bertz CT molecular complexity index is 262. The monoisotopic (exact) mass is 169 g/mol. The van der Waals surface area contributed by atoms with Gasteiger partial charge in [0, 0.05) is 18.3 Å². The molecule has 12 heavy (non-hydrogen) atoms. The Morgan fingerprint density at radius 2 is 1.92 bits per heavy atom. The first-order valence-corrected chi connectivity index (χ1v) is 3.61. The first kappa shape index (κ1) is 8.67. The molecule has 0 aliphatic carbocycles. The number of benzene rings is 1. The first-order chi connectivity index (χ1) is 5.74. The number of rotatable bonds is 3. The van der Waals surface area contributed by atoms with Gasteiger partial charge in [0.2, 0.25) is 0 Å². The molecule has 4 N–H and O–H groups in total. The lowest BCUT2D eigenvalue weighted by Gasteiger charge is -2.04. The summed E-state index contributed by atoms with van der Waals surface area (Å²) in [5, 5.41) is 29.3. The van der Waals surface area contributed by atoms with Crippen LogP contribution in [0.1, 0.15) is 0 Å². The number of aliphatic hydroxyl groups excluding tert-OH is 1. The maximum Gasteiger partial charge on any atom is 0.159 e. The van der Waals surface area contributed by atoms with Crippen molar-refractivity contribution < 1.29 is 15.3 Å². The van der Waals surface area contributed by atoms with Crippen LogP contribution < -0.4 is 5.32 Å². The number of phenolic OH excluding ortho intramolecular Hbond substituents is 2. The average Bonchev–Trinajstić information content (AvgIpc) is 2.07. The number of nitrogens with one attached hydrogen (secondary N) is 1. The van der Waals surface area contributed by atoms with E-state index >= 15 is 0 Å². The van der Waals surface area contributed by atoms with Crippen molar-refractivity contribution in [1.29, 1.82) is 0 Å². The molecule has 0 radical (unpaired) electrons. The Morgan fingerprint density at radius 1 is 1.17 bits per heavy atom. The number of anilines is 1. The van der Waals surface area contributed by atoms with Crippen LogP contribution in [0, 0.1) is 0 Å². The van der Waals surface area contributed by atoms with E-state index in [0.29, 0.717) is 12.2 Å². The average molecular weight is 169 g/mol. The fourth-order valence-corrected chi connectivity index (χ4v) is 0.834. The van der Waals surface area contributed by atoms with Crippen LogP contribution in [0.2, 0.25) is 0 Å². The quantitative estimate of drug-likeness (QED) is 0.393. The van der Waals surface area contributed by atoms with Gasteiger partial charge in [-0.3, -0.25) is 0 Å². The van der Waals surface area contributed by atoms with E-state index in [2.05, 4.69) is 5.32 Å². The highest BCUT2D eigenvalue weighted by atomic mass is 16.3. The summed E-state index contributed by atoms with van der Waals surface area (Å²) >= 11 is 0. The van der Waals surface area contributed by atoms with E-state index in [1.54, 1.807) is 6.07 Å². The van der Waals surface area contributed by atoms with Crippen LogP contribution >= 0.6 is 0 Å². The molecule has 0 amide bonds. The summed E-state index contributed by atoms with van der Waals surface area (Å²) < 4.78 is 0. The highest BCUT2D eigenvalue weighted by molar-refractivity contribution is 5.53. The molecule has 0 saturated carbocycles. The smallest absolute Gasteiger partial charge is 0.159 e. The molecule has 0 aliphatic heterocycles. The summed E-state index contributed by atoms with van der Waals surface area (Å²) in [6.07, 6.45) is 0. The molecule has 0 bridgehead atoms. The molecule has 0 spiro atoms. The molecule has 0 atom stereocenters. The molecule has 4 nitrogen and oxygen atoms in total. The Hall–Kier alpha value is -1.42. The molecule has 1 aromatic rings. The molecule has 0 fully saturated rings. The van der Waals surface area contributed by atoms with E-state index in [4.69, 9.17) is 15.3 Å². The zero-order valence-electron chi connectivity index (χ0n) is 6.49. The third-order valence-electron chi connectivity index (χ3n) is 1.42. The van der Waals surface area contributed by atoms with Crippen molar-refractivity contribution in [3.63, 3.8) is 0 Å². The molecular weight excluding hydrogens is 158 g/mol. The van der Waals surface area contributed by atoms with E-state index in [0.717, 1.165) is 0 Å². The Morgan fingerprint density at radius 3 is 2.50 bits per heavy atom. The SMILES string of the molecule is OCCNc1ccc(O)c(O)c1. The van der Waals surface area contributed by atoms with E-state index in [1.807, 2.05) is 0 Å². The standard InChI is InChI=1S/C8H11NO3/c10-4-3-9-6-1-2-7(11)8(12)5-6/h1-2,5,9-12H,3-4H2. The van der Waals surface area contributed by atoms with Crippen LogP contribution in [-0.2, 0) is 0 Å². The molecule has 0 unspecified atom stereocenters. The second kappa shape index (κ2) is 3.82. The fraction of sp³-hybridized carbons (Fsp3) is 0.250. The highest BCUT2D eigenvalue weighted by Crippen LogP contribution is 2.26. The number of aromatic hydroxyl groups is 2. The lowest BCUT2D eigenvalue weighted by atomic mass is 10.3. The molecule has 1 rings (SSSR count). The van der Waals surface area contributed by atoms with Gasteiger partial charge < -0.3 is 20.6 Å². The fourth-order valence-electron chi connectivity index (χ4n) is 0.834. The third-order valence-corrected chi connectivity index (χ3v) is 1.42. The van der Waals surface area contributed by atoms with Gasteiger partial charge in [-0.25, -0.2) is 0 Å². The maximum absolute atomic E-state index is 9.05. The lowest BCUT2D eigenvalue weighted by Crippen LogP contribution is -2.04. The largest absolute Gasteiger partial charge is 0.504 e. The van der Waals surface area contributed by atoms with Gasteiger partial charge in [-0.15, -0.1) is 0 Å². The number of aliphatic hydroxyl groups is 1. The molecular formula is C8H11NO3. The van der Waals surface area contributed by atoms with Crippen LogP contribution in [-0.4, -0.2) is 28.5 Å². The van der Waals surface area contributed by atoms with Crippen molar-refractivity contribution in [1.82, 2.24) is 0 Å². The molecule has 66 valence electrons. The molecule has 0 aromatic heterocycles. The van der Waals surface area contributed by atoms with Gasteiger partial charge >= 0.3 is 0 Å². The summed E-state index contributed by atoms with van der Waals surface area (Å²) in [5.74, 6) is -0.317. The summed E-state index contributed by atoms with van der Waals surface area (Å²) in [5.41, 5.74) is 0.666. The van der Waals surface area contributed by atoms with E-state index in [-0.39, 0.29) is 18.1 Å². The zero-order valence-corrected chi connectivity index (χ0v) is 6.49. The van der Waals surface area contributed by atoms with Crippen molar-refractivity contribution in [3.8, 4) is 11.5 Å². The van der Waals surface area contributed by atoms with Crippen molar-refractivity contribution in [2.75, 3.05) is 18.5 Å². The normalized spacial score (nSPS) is 9.75. The summed E-state index contributed by atoms with van der Waals surface area (Å²) in [6.45, 7) is 0.450. The summed E-state index contributed by atoms with van der Waals surface area (Å²) in [6, 6.07) is 4.39. The topological polar surface area (TPSA) is 72.7 Å². The first-order valence-electron chi connectivity index (χ1n) is 3.61. The van der Waals surface area contributed by atoms with Crippen molar-refractivity contribution in [2.24, 2.45) is 0 Å². The van der Waals surface area contributed by atoms with Crippen LogP contribution in [0.3, 0.4) is 0 Å². The second-order valence-electron chi connectivity index (χ2n) is 2.35. The van der Waals surface area contributed by atoms with E-state index in [9.17, 15) is 0 Å². The van der Waals surface area contributed by atoms with E-state index < -0.39 is 0 Å². The number of phenols is 2. The van der Waals surface area contributed by atoms with Gasteiger partial charge in [0.05, 0.1) is 6.61 Å². The van der Waals surface area contributed by atoms with Crippen LogP contribution in [0.15, 0.2) is 18.2 Å². The number of hydrogen-bond acceptors (Lipinski definition) is 4. The van der Waals surface area contributed by atoms with Crippen molar-refractivity contribution >= 4 is 5.69 Å². The predicted octanol–water partition coefficient (Wildman–Crippen LogP) is 0.502. The molecule has 0 heterocycles. The Kier molecular flexibility index (Phi) is 2.76. The van der Waals surface area contributed by atoms with Gasteiger partial charge in [0.25, 0.3) is 0 Å². The predicted molar refractivity (Wildman–Crippen MR) is 45.3 cm³/mol. The molecule has 1 aromatic carbocycles. The van der Waals surface area contributed by atoms with Gasteiger partial charge in [0.15, 0.2) is 11.5 Å². The molecule has 4 heteroatoms. The van der Waals surface area contributed by atoms with Gasteiger partial charge in [-0.05, 0) is 12.1 Å². The minimum absolute atomic E-state index is 0.0294. The van der Waals surface area contributed by atoms with Crippen LogP contribution in [0.5, 0.6) is 11.5 Å². The van der Waals surface area contributed by atoms with Gasteiger partial charge in [-0.2, -0.15) is 0 Å². The molecule has 0 saturated heterocycles. The lowest BCUT2D eigenvalue weighted by molar-refractivity contribution is 0.311. The second-order valence-corrected chi connectivity index (χ2v) is 2.35. The Labute approximate surface area is 70.1 Å². The molecule has 0 aliphatic rings. The Balaban J connectivity index is 2.69. The maximum atomic E-state index is 9.05. The van der Waals surface area contributed by atoms with E-state index in [1.165, 1.54) is 12.1 Å². The minimum atomic E-state index is -0.169. The minimum Gasteiger partial charge on any atom is -0.504 e. The summed E-state index contributed by atoms with van der Waals surface area (Å²) in [7, 11) is 0. The van der Waals surface area contributed by atoms with Crippen molar-refractivity contribution in [2.45, 2.75) is 0 Å².